The smallest absolute Gasteiger partial charge is 0.287 e. The average molecular weight is 136 g/mol. The standard InChI is InChI=1S/C3H4O4S/c4-2-1-3-8(5,6)7/h1-3H,(H,5,6,7)/b3-1+. The van der Waals surface area contributed by atoms with E-state index in [4.69, 9.17) is 4.55 Å². The molecule has 0 spiro atoms. The fraction of sp³-hybridized carbons (Fsp3) is 0. The Hall–Kier alpha value is -0.680. The fourth-order valence-corrected chi connectivity index (χ4v) is 0.394. The number of rotatable bonds is 2. The van der Waals surface area contributed by atoms with Gasteiger partial charge >= 0.3 is 0 Å². The van der Waals surface area contributed by atoms with Gasteiger partial charge in [-0.15, -0.1) is 0 Å². The van der Waals surface area contributed by atoms with Crippen LogP contribution in [0.25, 0.3) is 0 Å². The maximum absolute atomic E-state index is 9.70. The highest BCUT2D eigenvalue weighted by molar-refractivity contribution is 7.88. The van der Waals surface area contributed by atoms with E-state index in [0.717, 1.165) is 0 Å². The van der Waals surface area contributed by atoms with E-state index in [1.54, 1.807) is 0 Å². The van der Waals surface area contributed by atoms with Gasteiger partial charge in [0, 0.05) is 0 Å². The second-order valence-electron chi connectivity index (χ2n) is 0.980. The molecule has 0 radical (unpaired) electrons. The molecule has 0 heterocycles. The second kappa shape index (κ2) is 2.58. The Morgan fingerprint density at radius 3 is 2.00 bits per heavy atom. The Balaban J connectivity index is 4.12. The second-order valence-corrected chi connectivity index (χ2v) is 2.28. The lowest BCUT2D eigenvalue weighted by Crippen LogP contribution is -1.88. The molecular weight excluding hydrogens is 132 g/mol. The summed E-state index contributed by atoms with van der Waals surface area (Å²) in [7, 11) is -4.10. The van der Waals surface area contributed by atoms with Crippen molar-refractivity contribution in [3.05, 3.63) is 11.5 Å². The molecule has 0 atom stereocenters. The molecule has 0 aromatic heterocycles. The lowest BCUT2D eigenvalue weighted by atomic mass is 10.7. The summed E-state index contributed by atoms with van der Waals surface area (Å²) in [6, 6.07) is 0. The zero-order valence-electron chi connectivity index (χ0n) is 3.81. The van der Waals surface area contributed by atoms with Crippen molar-refractivity contribution in [3.63, 3.8) is 0 Å². The summed E-state index contributed by atoms with van der Waals surface area (Å²) < 4.78 is 27.3. The number of allylic oxidation sites excluding steroid dienone is 1. The highest BCUT2D eigenvalue weighted by Gasteiger charge is 1.91. The molecule has 0 aromatic carbocycles. The van der Waals surface area contributed by atoms with Gasteiger partial charge in [-0.1, -0.05) is 0 Å². The van der Waals surface area contributed by atoms with E-state index >= 15 is 0 Å². The predicted octanol–water partition coefficient (Wildman–Crippen LogP) is -0.413. The van der Waals surface area contributed by atoms with E-state index in [1.807, 2.05) is 0 Å². The van der Waals surface area contributed by atoms with Crippen LogP contribution in [0.5, 0.6) is 0 Å². The van der Waals surface area contributed by atoms with Crippen molar-refractivity contribution in [2.45, 2.75) is 0 Å². The van der Waals surface area contributed by atoms with Crippen molar-refractivity contribution in [1.82, 2.24) is 0 Å². The molecule has 0 rings (SSSR count). The minimum atomic E-state index is -4.10. The van der Waals surface area contributed by atoms with Crippen molar-refractivity contribution in [2.24, 2.45) is 0 Å². The normalized spacial score (nSPS) is 12.1. The number of aldehydes is 1. The van der Waals surface area contributed by atoms with Crippen LogP contribution in [-0.2, 0) is 14.9 Å². The molecule has 8 heavy (non-hydrogen) atoms. The number of carbonyl (C=O) groups is 1. The first-order valence-corrected chi connectivity index (χ1v) is 3.16. The zero-order valence-corrected chi connectivity index (χ0v) is 4.63. The number of hydrogen-bond acceptors (Lipinski definition) is 3. The van der Waals surface area contributed by atoms with Crippen LogP contribution in [0.1, 0.15) is 0 Å². The third-order valence-electron chi connectivity index (χ3n) is 0.329. The molecule has 0 aliphatic carbocycles. The minimum Gasteiger partial charge on any atom is -0.299 e. The van der Waals surface area contributed by atoms with E-state index in [0.29, 0.717) is 11.5 Å². The first-order chi connectivity index (χ1) is 3.56. The van der Waals surface area contributed by atoms with Crippen molar-refractivity contribution >= 4 is 16.4 Å². The molecule has 0 saturated carbocycles. The molecule has 0 aromatic rings. The van der Waals surface area contributed by atoms with Crippen molar-refractivity contribution in [1.29, 1.82) is 0 Å². The summed E-state index contributed by atoms with van der Waals surface area (Å²) in [4.78, 5) is 9.39. The topological polar surface area (TPSA) is 71.4 Å². The summed E-state index contributed by atoms with van der Waals surface area (Å²) in [6.07, 6.45) is 0.948. The molecule has 0 unspecified atom stereocenters. The van der Waals surface area contributed by atoms with Gasteiger partial charge in [0.05, 0.1) is 5.41 Å². The Bertz CT molecular complexity index is 187. The molecule has 0 bridgehead atoms. The lowest BCUT2D eigenvalue weighted by Gasteiger charge is -1.76. The van der Waals surface area contributed by atoms with Crippen LogP contribution in [0, 0.1) is 0 Å². The summed E-state index contributed by atoms with van der Waals surface area (Å²) in [5, 5.41) is 0.403. The van der Waals surface area contributed by atoms with Crippen LogP contribution in [-0.4, -0.2) is 19.3 Å². The van der Waals surface area contributed by atoms with Crippen LogP contribution in [0.2, 0.25) is 0 Å². The highest BCUT2D eigenvalue weighted by Crippen LogP contribution is 1.80. The van der Waals surface area contributed by atoms with E-state index < -0.39 is 10.1 Å². The molecule has 0 fully saturated rings. The van der Waals surface area contributed by atoms with Gasteiger partial charge in [0.1, 0.15) is 6.29 Å². The molecule has 0 aliphatic rings. The highest BCUT2D eigenvalue weighted by atomic mass is 32.2. The molecule has 0 aliphatic heterocycles. The molecule has 46 valence electrons. The summed E-state index contributed by atoms with van der Waals surface area (Å²) in [6.45, 7) is 0. The van der Waals surface area contributed by atoms with Crippen LogP contribution >= 0.6 is 0 Å². The van der Waals surface area contributed by atoms with Gasteiger partial charge in [0.15, 0.2) is 0 Å². The molecule has 4 nitrogen and oxygen atoms in total. The Kier molecular flexibility index (Phi) is 2.36. The third kappa shape index (κ3) is 5.32. The van der Waals surface area contributed by atoms with Crippen LogP contribution in [0.4, 0.5) is 0 Å². The van der Waals surface area contributed by atoms with Gasteiger partial charge in [-0.3, -0.25) is 9.35 Å². The van der Waals surface area contributed by atoms with Crippen LogP contribution in [0.15, 0.2) is 11.5 Å². The summed E-state index contributed by atoms with van der Waals surface area (Å²) in [5.41, 5.74) is 0. The Morgan fingerprint density at radius 2 is 1.88 bits per heavy atom. The first-order valence-electron chi connectivity index (χ1n) is 1.65. The number of carbonyl (C=O) groups excluding carboxylic acids is 1. The van der Waals surface area contributed by atoms with E-state index in [-0.39, 0.29) is 6.29 Å². The molecule has 1 N–H and O–H groups in total. The van der Waals surface area contributed by atoms with E-state index in [2.05, 4.69) is 0 Å². The average Bonchev–Trinajstić information content (AvgIpc) is 1.59. The van der Waals surface area contributed by atoms with Gasteiger partial charge in [0.25, 0.3) is 10.1 Å². The third-order valence-corrected chi connectivity index (χ3v) is 0.830. The summed E-state index contributed by atoms with van der Waals surface area (Å²) >= 11 is 0. The SMILES string of the molecule is O=C/C=C/S(=O)(=O)O. The molecule has 5 heteroatoms. The molecule has 0 amide bonds. The largest absolute Gasteiger partial charge is 0.299 e. The molecular formula is C3H4O4S. The quantitative estimate of drug-likeness (QED) is 0.318. The Labute approximate surface area is 46.6 Å². The van der Waals surface area contributed by atoms with Gasteiger partial charge < -0.3 is 0 Å². The van der Waals surface area contributed by atoms with E-state index in [1.165, 1.54) is 0 Å². The van der Waals surface area contributed by atoms with Gasteiger partial charge in [-0.2, -0.15) is 8.42 Å². The van der Waals surface area contributed by atoms with Crippen molar-refractivity contribution in [2.75, 3.05) is 0 Å². The van der Waals surface area contributed by atoms with Crippen LogP contribution in [0.3, 0.4) is 0 Å². The van der Waals surface area contributed by atoms with Gasteiger partial charge in [0.2, 0.25) is 0 Å². The first kappa shape index (κ1) is 7.32. The lowest BCUT2D eigenvalue weighted by molar-refractivity contribution is -0.104. The van der Waals surface area contributed by atoms with Crippen molar-refractivity contribution < 1.29 is 17.8 Å². The monoisotopic (exact) mass is 136 g/mol. The van der Waals surface area contributed by atoms with Gasteiger partial charge in [-0.25, -0.2) is 0 Å². The van der Waals surface area contributed by atoms with E-state index in [9.17, 15) is 13.2 Å². The van der Waals surface area contributed by atoms with Crippen molar-refractivity contribution in [3.8, 4) is 0 Å². The molecule has 0 saturated heterocycles. The zero-order chi connectivity index (χ0) is 6.62. The number of hydrogen-bond donors (Lipinski definition) is 1. The Morgan fingerprint density at radius 1 is 1.38 bits per heavy atom. The fourth-order valence-electron chi connectivity index (χ4n) is 0.131. The predicted molar refractivity (Wildman–Crippen MR) is 26.8 cm³/mol. The van der Waals surface area contributed by atoms with Gasteiger partial charge in [-0.05, 0) is 6.08 Å². The maximum Gasteiger partial charge on any atom is 0.287 e. The maximum atomic E-state index is 9.70. The minimum absolute atomic E-state index is 0.258. The summed E-state index contributed by atoms with van der Waals surface area (Å²) in [5.74, 6) is 0. The van der Waals surface area contributed by atoms with Crippen LogP contribution < -0.4 is 0 Å².